The van der Waals surface area contributed by atoms with Crippen molar-refractivity contribution in [3.8, 4) is 17.1 Å². The number of methoxy groups -OCH3 is 1. The van der Waals surface area contributed by atoms with Crippen LogP contribution in [-0.2, 0) is 11.3 Å². The first-order valence-electron chi connectivity index (χ1n) is 11.6. The molecule has 180 valence electrons. The third-order valence-electron chi connectivity index (χ3n) is 5.65. The molecule has 1 fully saturated rings. The van der Waals surface area contributed by atoms with E-state index in [1.54, 1.807) is 12.0 Å². The SMILES string of the molecule is COc1cccc(-c2ccc(CNc3ccc(N4CCN(C(=O)OC(C)(C)C)CC4)cc3)o2)c1. The lowest BCUT2D eigenvalue weighted by molar-refractivity contribution is 0.0240. The number of ether oxygens (including phenoxy) is 2. The number of nitrogens with zero attached hydrogens (tertiary/aromatic N) is 2. The molecule has 3 aromatic rings. The Balaban J connectivity index is 1.28. The van der Waals surface area contributed by atoms with Crippen LogP contribution in [0.3, 0.4) is 0 Å². The summed E-state index contributed by atoms with van der Waals surface area (Å²) in [6, 6.07) is 20.2. The Morgan fingerprint density at radius 2 is 1.74 bits per heavy atom. The van der Waals surface area contributed by atoms with Crippen molar-refractivity contribution in [2.45, 2.75) is 32.9 Å². The van der Waals surface area contributed by atoms with E-state index in [0.717, 1.165) is 47.3 Å². The Morgan fingerprint density at radius 1 is 1.00 bits per heavy atom. The molecule has 1 aliphatic rings. The van der Waals surface area contributed by atoms with Crippen LogP contribution in [0.2, 0.25) is 0 Å². The summed E-state index contributed by atoms with van der Waals surface area (Å²) < 4.78 is 16.8. The molecule has 1 amide bonds. The van der Waals surface area contributed by atoms with Gasteiger partial charge in [0.1, 0.15) is 22.9 Å². The molecule has 2 aromatic carbocycles. The topological polar surface area (TPSA) is 67.2 Å². The van der Waals surface area contributed by atoms with Crippen molar-refractivity contribution in [2.75, 3.05) is 43.5 Å². The summed E-state index contributed by atoms with van der Waals surface area (Å²) in [6.07, 6.45) is -0.237. The summed E-state index contributed by atoms with van der Waals surface area (Å²) in [5.74, 6) is 2.48. The first-order valence-corrected chi connectivity index (χ1v) is 11.6. The second kappa shape index (κ2) is 10.1. The zero-order valence-corrected chi connectivity index (χ0v) is 20.3. The van der Waals surface area contributed by atoms with Crippen molar-refractivity contribution in [2.24, 2.45) is 0 Å². The highest BCUT2D eigenvalue weighted by Gasteiger charge is 2.25. The van der Waals surface area contributed by atoms with Crippen LogP contribution in [0, 0.1) is 0 Å². The summed E-state index contributed by atoms with van der Waals surface area (Å²) in [6.45, 7) is 9.15. The largest absolute Gasteiger partial charge is 0.497 e. The van der Waals surface area contributed by atoms with Gasteiger partial charge in [0.25, 0.3) is 0 Å². The maximum absolute atomic E-state index is 12.3. The lowest BCUT2D eigenvalue weighted by Gasteiger charge is -2.36. The van der Waals surface area contributed by atoms with E-state index in [0.29, 0.717) is 19.6 Å². The summed E-state index contributed by atoms with van der Waals surface area (Å²) in [4.78, 5) is 16.3. The van der Waals surface area contributed by atoms with Gasteiger partial charge in [-0.15, -0.1) is 0 Å². The minimum atomic E-state index is -0.469. The minimum Gasteiger partial charge on any atom is -0.497 e. The lowest BCUT2D eigenvalue weighted by Crippen LogP contribution is -2.50. The first-order chi connectivity index (χ1) is 16.3. The molecule has 1 aromatic heterocycles. The zero-order chi connectivity index (χ0) is 24.1. The zero-order valence-electron chi connectivity index (χ0n) is 20.3. The van der Waals surface area contributed by atoms with Gasteiger partial charge >= 0.3 is 6.09 Å². The van der Waals surface area contributed by atoms with Crippen molar-refractivity contribution in [3.05, 3.63) is 66.4 Å². The molecular formula is C27H33N3O4. The molecule has 1 N–H and O–H groups in total. The highest BCUT2D eigenvalue weighted by atomic mass is 16.6. The number of carbonyl (C=O) groups excluding carboxylic acids is 1. The number of furan rings is 1. The van der Waals surface area contributed by atoms with E-state index in [2.05, 4.69) is 34.5 Å². The number of anilines is 2. The molecule has 34 heavy (non-hydrogen) atoms. The normalized spacial score (nSPS) is 14.1. The van der Waals surface area contributed by atoms with Crippen LogP contribution in [0.1, 0.15) is 26.5 Å². The number of piperazine rings is 1. The Hall–Kier alpha value is -3.61. The molecule has 0 atom stereocenters. The quantitative estimate of drug-likeness (QED) is 0.511. The van der Waals surface area contributed by atoms with Crippen LogP contribution in [0.25, 0.3) is 11.3 Å². The van der Waals surface area contributed by atoms with Gasteiger partial charge < -0.3 is 29.0 Å². The predicted octanol–water partition coefficient (Wildman–Crippen LogP) is 5.62. The fourth-order valence-electron chi connectivity index (χ4n) is 3.86. The molecule has 1 saturated heterocycles. The minimum absolute atomic E-state index is 0.237. The summed E-state index contributed by atoms with van der Waals surface area (Å²) >= 11 is 0. The van der Waals surface area contributed by atoms with Gasteiger partial charge in [0.15, 0.2) is 0 Å². The molecule has 0 radical (unpaired) electrons. The molecule has 0 aliphatic carbocycles. The van der Waals surface area contributed by atoms with E-state index in [4.69, 9.17) is 13.9 Å². The van der Waals surface area contributed by atoms with Gasteiger partial charge in [-0.3, -0.25) is 0 Å². The second-order valence-corrected chi connectivity index (χ2v) is 9.35. The van der Waals surface area contributed by atoms with Crippen molar-refractivity contribution >= 4 is 17.5 Å². The molecule has 0 bridgehead atoms. The highest BCUT2D eigenvalue weighted by Crippen LogP contribution is 2.26. The number of hydrogen-bond donors (Lipinski definition) is 1. The number of hydrogen-bond acceptors (Lipinski definition) is 6. The van der Waals surface area contributed by atoms with E-state index >= 15 is 0 Å². The molecule has 2 heterocycles. The van der Waals surface area contributed by atoms with E-state index in [9.17, 15) is 4.79 Å². The van der Waals surface area contributed by atoms with Crippen LogP contribution in [0.5, 0.6) is 5.75 Å². The predicted molar refractivity (Wildman–Crippen MR) is 134 cm³/mol. The van der Waals surface area contributed by atoms with Crippen molar-refractivity contribution in [1.82, 2.24) is 4.90 Å². The van der Waals surface area contributed by atoms with Crippen LogP contribution in [0.15, 0.2) is 65.1 Å². The van der Waals surface area contributed by atoms with Gasteiger partial charge in [-0.1, -0.05) is 12.1 Å². The Kier molecular flexibility index (Phi) is 7.01. The number of carbonyl (C=O) groups is 1. The summed E-state index contributed by atoms with van der Waals surface area (Å²) in [7, 11) is 1.66. The molecule has 0 saturated carbocycles. The highest BCUT2D eigenvalue weighted by molar-refractivity contribution is 5.68. The van der Waals surface area contributed by atoms with Crippen LogP contribution in [-0.4, -0.2) is 49.9 Å². The van der Waals surface area contributed by atoms with Gasteiger partial charge in [0.2, 0.25) is 0 Å². The fraction of sp³-hybridized carbons (Fsp3) is 0.370. The maximum atomic E-state index is 12.3. The van der Waals surface area contributed by atoms with E-state index < -0.39 is 5.60 Å². The smallest absolute Gasteiger partial charge is 0.410 e. The fourth-order valence-corrected chi connectivity index (χ4v) is 3.86. The van der Waals surface area contributed by atoms with Crippen molar-refractivity contribution in [1.29, 1.82) is 0 Å². The van der Waals surface area contributed by atoms with Crippen LogP contribution in [0.4, 0.5) is 16.2 Å². The van der Waals surface area contributed by atoms with E-state index in [1.165, 1.54) is 0 Å². The number of amides is 1. The average molecular weight is 464 g/mol. The number of nitrogens with one attached hydrogen (secondary N) is 1. The van der Waals surface area contributed by atoms with Crippen molar-refractivity contribution < 1.29 is 18.7 Å². The summed E-state index contributed by atoms with van der Waals surface area (Å²) in [5.41, 5.74) is 2.69. The second-order valence-electron chi connectivity index (χ2n) is 9.35. The molecule has 4 rings (SSSR count). The van der Waals surface area contributed by atoms with E-state index in [-0.39, 0.29) is 6.09 Å². The molecular weight excluding hydrogens is 430 g/mol. The molecule has 0 unspecified atom stereocenters. The number of benzene rings is 2. The molecule has 7 nitrogen and oxygen atoms in total. The monoisotopic (exact) mass is 463 g/mol. The molecule has 7 heteroatoms. The summed E-state index contributed by atoms with van der Waals surface area (Å²) in [5, 5.41) is 3.42. The standard InChI is InChI=1S/C27H33N3O4/c1-27(2,3)34-26(31)30-16-14-29(15-17-30)22-10-8-21(9-11-22)28-19-24-12-13-25(33-24)20-6-5-7-23(18-20)32-4/h5-13,18,28H,14-17,19H2,1-4H3. The number of rotatable bonds is 6. The van der Waals surface area contributed by atoms with Crippen LogP contribution < -0.4 is 15.0 Å². The molecule has 0 spiro atoms. The average Bonchev–Trinajstić information content (AvgIpc) is 3.31. The van der Waals surface area contributed by atoms with Gasteiger partial charge in [-0.05, 0) is 69.3 Å². The Labute approximate surface area is 201 Å². The lowest BCUT2D eigenvalue weighted by atomic mass is 10.2. The third kappa shape index (κ3) is 6.04. The molecule has 1 aliphatic heterocycles. The van der Waals surface area contributed by atoms with Gasteiger partial charge in [0.05, 0.1) is 13.7 Å². The Morgan fingerprint density at radius 3 is 2.41 bits per heavy atom. The maximum Gasteiger partial charge on any atom is 0.410 e. The van der Waals surface area contributed by atoms with E-state index in [1.807, 2.05) is 57.2 Å². The first kappa shape index (κ1) is 23.5. The van der Waals surface area contributed by atoms with Gasteiger partial charge in [-0.25, -0.2) is 4.79 Å². The van der Waals surface area contributed by atoms with Crippen LogP contribution >= 0.6 is 0 Å². The van der Waals surface area contributed by atoms with Gasteiger partial charge in [0, 0.05) is 43.1 Å². The van der Waals surface area contributed by atoms with Crippen molar-refractivity contribution in [3.63, 3.8) is 0 Å². The van der Waals surface area contributed by atoms with Gasteiger partial charge in [-0.2, -0.15) is 0 Å². The Bertz CT molecular complexity index is 1090. The third-order valence-corrected chi connectivity index (χ3v) is 5.65.